The Balaban J connectivity index is 1.90. The number of amides is 1. The van der Waals surface area contributed by atoms with Crippen molar-refractivity contribution < 1.29 is 26.7 Å². The maximum Gasteiger partial charge on any atom is 0.275 e. The van der Waals surface area contributed by atoms with Gasteiger partial charge in [-0.2, -0.15) is 0 Å². The third-order valence-electron chi connectivity index (χ3n) is 4.55. The summed E-state index contributed by atoms with van der Waals surface area (Å²) in [7, 11) is -2.47. The molecule has 1 amide bonds. The van der Waals surface area contributed by atoms with Crippen LogP contribution in [-0.2, 0) is 17.1 Å². The number of allylic oxidation sites excluding steroid dienone is 5. The van der Waals surface area contributed by atoms with E-state index in [9.17, 15) is 22.0 Å². The van der Waals surface area contributed by atoms with Gasteiger partial charge in [-0.1, -0.05) is 36.9 Å². The van der Waals surface area contributed by atoms with Crippen LogP contribution < -0.4 is 14.8 Å². The number of aromatic nitrogens is 1. The summed E-state index contributed by atoms with van der Waals surface area (Å²) in [6, 6.07) is 8.28. The molecule has 0 saturated carbocycles. The lowest BCUT2D eigenvalue weighted by atomic mass is 10.1. The predicted molar refractivity (Wildman–Crippen MR) is 111 cm³/mol. The molecule has 0 bridgehead atoms. The molecule has 2 aromatic rings. The number of aryl methyl sites for hydroxylation is 1. The Labute approximate surface area is 178 Å². The molecule has 0 fully saturated rings. The minimum Gasteiger partial charge on any atom is -0.488 e. The van der Waals surface area contributed by atoms with E-state index in [0.717, 1.165) is 12.2 Å². The Kier molecular flexibility index (Phi) is 6.42. The van der Waals surface area contributed by atoms with Crippen LogP contribution in [0.5, 0.6) is 5.75 Å². The number of sulfonamides is 1. The molecule has 1 aliphatic rings. The van der Waals surface area contributed by atoms with Crippen molar-refractivity contribution in [3.63, 3.8) is 0 Å². The highest BCUT2D eigenvalue weighted by atomic mass is 32.2. The van der Waals surface area contributed by atoms with Gasteiger partial charge in [0.05, 0.1) is 6.04 Å². The van der Waals surface area contributed by atoms with Crippen molar-refractivity contribution in [2.75, 3.05) is 6.61 Å². The maximum absolute atomic E-state index is 13.2. The zero-order valence-electron chi connectivity index (χ0n) is 16.9. The van der Waals surface area contributed by atoms with Crippen LogP contribution >= 0.6 is 0 Å². The highest BCUT2D eigenvalue weighted by Gasteiger charge is 2.35. The molecule has 0 unspecified atom stereocenters. The number of nitrogens with zero attached hydrogens (tertiary/aromatic N) is 1. The number of carbonyl (C=O) groups excluding carboxylic acids is 1. The topological polar surface area (TPSA) is 89.4 Å². The van der Waals surface area contributed by atoms with Gasteiger partial charge < -0.3 is 14.6 Å². The van der Waals surface area contributed by atoms with Gasteiger partial charge >= 0.3 is 0 Å². The second-order valence-corrected chi connectivity index (χ2v) is 8.58. The molecule has 0 aliphatic carbocycles. The highest BCUT2D eigenvalue weighted by Crippen LogP contribution is 2.34. The molecule has 1 aromatic carbocycles. The fourth-order valence-corrected chi connectivity index (χ4v) is 4.44. The van der Waals surface area contributed by atoms with Crippen molar-refractivity contribution in [3.05, 3.63) is 83.9 Å². The van der Waals surface area contributed by atoms with Gasteiger partial charge in [0.1, 0.15) is 11.5 Å². The maximum atomic E-state index is 13.2. The zero-order valence-corrected chi connectivity index (χ0v) is 17.7. The first-order valence-corrected chi connectivity index (χ1v) is 10.7. The lowest BCUT2D eigenvalue weighted by Crippen LogP contribution is -2.30. The van der Waals surface area contributed by atoms with E-state index in [-0.39, 0.29) is 28.6 Å². The summed E-state index contributed by atoms with van der Waals surface area (Å²) in [4.78, 5) is 12.6. The molecule has 0 spiro atoms. The van der Waals surface area contributed by atoms with Crippen LogP contribution in [0, 0.1) is 0 Å². The van der Waals surface area contributed by atoms with Crippen molar-refractivity contribution in [2.45, 2.75) is 17.9 Å². The Morgan fingerprint density at radius 1 is 1.29 bits per heavy atom. The van der Waals surface area contributed by atoms with Crippen LogP contribution in [0.4, 0.5) is 8.78 Å². The highest BCUT2D eigenvalue weighted by molar-refractivity contribution is 7.89. The smallest absolute Gasteiger partial charge is 0.275 e. The number of halogens is 2. The predicted octanol–water partition coefficient (Wildman–Crippen LogP) is 3.41. The number of rotatable bonds is 5. The summed E-state index contributed by atoms with van der Waals surface area (Å²) in [5.41, 5.74) is 0.892. The SMILES string of the molecule is C=C(F)/C(F)=C\C=C(/C)NC(=O)c1c2c(cn1C)S(=O)(=O)N[C@@H](c1ccccc1)CO2. The monoisotopic (exact) mass is 449 g/mol. The number of nitrogens with one attached hydrogen (secondary N) is 2. The van der Waals surface area contributed by atoms with Crippen molar-refractivity contribution in [1.82, 2.24) is 14.6 Å². The van der Waals surface area contributed by atoms with E-state index in [0.29, 0.717) is 5.56 Å². The molecule has 2 N–H and O–H groups in total. The molecule has 31 heavy (non-hydrogen) atoms. The summed E-state index contributed by atoms with van der Waals surface area (Å²) < 4.78 is 61.4. The van der Waals surface area contributed by atoms with E-state index in [4.69, 9.17) is 4.74 Å². The fraction of sp³-hybridized carbons (Fsp3) is 0.190. The normalized spacial score (nSPS) is 18.5. The van der Waals surface area contributed by atoms with E-state index in [1.54, 1.807) is 24.3 Å². The first kappa shape index (κ1) is 22.4. The molecule has 0 radical (unpaired) electrons. The molecule has 10 heteroatoms. The van der Waals surface area contributed by atoms with Crippen LogP contribution in [-0.4, -0.2) is 25.5 Å². The third-order valence-corrected chi connectivity index (χ3v) is 6.01. The van der Waals surface area contributed by atoms with E-state index >= 15 is 0 Å². The number of ether oxygens (including phenoxy) is 1. The van der Waals surface area contributed by atoms with Crippen molar-refractivity contribution in [1.29, 1.82) is 0 Å². The molecular weight excluding hydrogens is 428 g/mol. The Bertz CT molecular complexity index is 1180. The molecular formula is C21H21F2N3O4S. The number of fused-ring (bicyclic) bond motifs is 1. The van der Waals surface area contributed by atoms with E-state index < -0.39 is 33.6 Å². The van der Waals surface area contributed by atoms with Gasteiger partial charge in [0, 0.05) is 18.9 Å². The van der Waals surface area contributed by atoms with E-state index in [1.807, 2.05) is 6.07 Å². The van der Waals surface area contributed by atoms with E-state index in [1.165, 1.54) is 24.7 Å². The first-order valence-electron chi connectivity index (χ1n) is 9.19. The minimum atomic E-state index is -3.97. The first-order chi connectivity index (χ1) is 14.6. The lowest BCUT2D eigenvalue weighted by molar-refractivity contribution is 0.0953. The van der Waals surface area contributed by atoms with Crippen LogP contribution in [0.3, 0.4) is 0 Å². The van der Waals surface area contributed by atoms with Gasteiger partial charge in [-0.25, -0.2) is 21.9 Å². The van der Waals surface area contributed by atoms with Crippen LogP contribution in [0.1, 0.15) is 29.0 Å². The Morgan fingerprint density at radius 3 is 2.61 bits per heavy atom. The summed E-state index contributed by atoms with van der Waals surface area (Å²) in [6.07, 6.45) is 3.26. The summed E-state index contributed by atoms with van der Waals surface area (Å²) in [5.74, 6) is -3.16. The van der Waals surface area contributed by atoms with Crippen molar-refractivity contribution in [3.8, 4) is 5.75 Å². The van der Waals surface area contributed by atoms with Crippen molar-refractivity contribution >= 4 is 15.9 Å². The second kappa shape index (κ2) is 8.86. The quantitative estimate of drug-likeness (QED) is 0.685. The molecule has 1 atom stereocenters. The van der Waals surface area contributed by atoms with Gasteiger partial charge in [0.2, 0.25) is 10.0 Å². The molecule has 164 valence electrons. The second-order valence-electron chi connectivity index (χ2n) is 6.90. The molecule has 0 saturated heterocycles. The molecule has 2 heterocycles. The third kappa shape index (κ3) is 4.92. The largest absolute Gasteiger partial charge is 0.488 e. The molecule has 1 aromatic heterocycles. The summed E-state index contributed by atoms with van der Waals surface area (Å²) in [6.45, 7) is 4.28. The van der Waals surface area contributed by atoms with Crippen LogP contribution in [0.2, 0.25) is 0 Å². The molecule has 7 nitrogen and oxygen atoms in total. The van der Waals surface area contributed by atoms with Gasteiger partial charge in [-0.3, -0.25) is 4.79 Å². The van der Waals surface area contributed by atoms with Crippen LogP contribution in [0.25, 0.3) is 0 Å². The van der Waals surface area contributed by atoms with Crippen LogP contribution in [0.15, 0.2) is 77.5 Å². The van der Waals surface area contributed by atoms with Crippen molar-refractivity contribution in [2.24, 2.45) is 7.05 Å². The lowest BCUT2D eigenvalue weighted by Gasteiger charge is -2.16. The number of benzene rings is 1. The Hall–Kier alpha value is -3.24. The average molecular weight is 449 g/mol. The van der Waals surface area contributed by atoms with Gasteiger partial charge in [-0.15, -0.1) is 0 Å². The molecule has 3 rings (SSSR count). The number of hydrogen-bond donors (Lipinski definition) is 2. The summed E-state index contributed by atoms with van der Waals surface area (Å²) in [5, 5.41) is 2.50. The Morgan fingerprint density at radius 2 is 1.97 bits per heavy atom. The summed E-state index contributed by atoms with van der Waals surface area (Å²) >= 11 is 0. The van der Waals surface area contributed by atoms with Gasteiger partial charge in [0.15, 0.2) is 23.1 Å². The number of carbonyl (C=O) groups is 1. The fourth-order valence-electron chi connectivity index (χ4n) is 3.04. The van der Waals surface area contributed by atoms with E-state index in [2.05, 4.69) is 16.6 Å². The van der Waals surface area contributed by atoms with Gasteiger partial charge in [0.25, 0.3) is 5.91 Å². The molecule has 1 aliphatic heterocycles. The zero-order chi connectivity index (χ0) is 22.8. The average Bonchev–Trinajstić information content (AvgIpc) is 3.00. The standard InChI is InChI=1S/C21H21F2N3O4S/c1-13(9-10-16(23)14(2)22)24-21(27)19-20-18(11-26(19)3)31(28,29)25-17(12-30-20)15-7-5-4-6-8-15/h4-11,17,25H,2,12H2,1,3H3,(H,24,27)/b13-9+,16-10+/t17-/m1/s1. The van der Waals surface area contributed by atoms with Gasteiger partial charge in [-0.05, 0) is 24.6 Å². The minimum absolute atomic E-state index is 0.0259. The number of hydrogen-bond acceptors (Lipinski definition) is 4.